The van der Waals surface area contributed by atoms with Crippen molar-refractivity contribution < 1.29 is 22.7 Å². The molecule has 3 aromatic carbocycles. The molecule has 178 valence electrons. The van der Waals surface area contributed by atoms with Gasteiger partial charge in [-0.25, -0.2) is 13.1 Å². The molecule has 4 N–H and O–H groups in total. The molecule has 0 aliphatic heterocycles. The van der Waals surface area contributed by atoms with E-state index < -0.39 is 21.8 Å². The summed E-state index contributed by atoms with van der Waals surface area (Å²) in [7, 11) is -2.43. The molecule has 0 atom stereocenters. The quantitative estimate of drug-likeness (QED) is 0.345. The van der Waals surface area contributed by atoms with Crippen LogP contribution >= 0.6 is 0 Å². The van der Waals surface area contributed by atoms with Gasteiger partial charge in [-0.15, -0.1) is 0 Å². The van der Waals surface area contributed by atoms with E-state index in [2.05, 4.69) is 15.1 Å². The number of para-hydroxylation sites is 2. The number of rotatable bonds is 8. The van der Waals surface area contributed by atoms with E-state index in [-0.39, 0.29) is 16.2 Å². The first-order valence-electron chi connectivity index (χ1n) is 10.3. The molecule has 0 aliphatic rings. The molecule has 1 aromatic heterocycles. The molecule has 1 heterocycles. The maximum absolute atomic E-state index is 12.7. The van der Waals surface area contributed by atoms with Crippen molar-refractivity contribution in [3.05, 3.63) is 96.3 Å². The van der Waals surface area contributed by atoms with Crippen LogP contribution in [-0.4, -0.2) is 37.1 Å². The number of nitrogens with zero attached hydrogens (tertiary/aromatic N) is 2. The summed E-state index contributed by atoms with van der Waals surface area (Å²) in [5, 5.41) is 6.82. The fourth-order valence-electron chi connectivity index (χ4n) is 3.22. The number of sulfonamides is 1. The molecular weight excluding hydrogens is 470 g/mol. The minimum Gasteiger partial charge on any atom is -0.495 e. The maximum atomic E-state index is 12.7. The minimum atomic E-state index is -3.88. The van der Waals surface area contributed by atoms with Crippen LogP contribution in [0.25, 0.3) is 5.69 Å². The highest BCUT2D eigenvalue weighted by Gasteiger charge is 2.17. The predicted octanol–water partition coefficient (Wildman–Crippen LogP) is 3.03. The summed E-state index contributed by atoms with van der Waals surface area (Å²) in [5.74, 6) is -0.643. The van der Waals surface area contributed by atoms with Gasteiger partial charge in [-0.1, -0.05) is 12.1 Å². The molecule has 2 amide bonds. The van der Waals surface area contributed by atoms with Gasteiger partial charge in [0, 0.05) is 17.4 Å². The highest BCUT2D eigenvalue weighted by Crippen LogP contribution is 2.26. The van der Waals surface area contributed by atoms with Crippen LogP contribution < -0.4 is 20.5 Å². The zero-order valence-electron chi connectivity index (χ0n) is 18.5. The van der Waals surface area contributed by atoms with Gasteiger partial charge < -0.3 is 15.8 Å². The highest BCUT2D eigenvalue weighted by molar-refractivity contribution is 7.92. The molecule has 0 aliphatic carbocycles. The van der Waals surface area contributed by atoms with E-state index in [1.807, 2.05) is 0 Å². The van der Waals surface area contributed by atoms with Crippen LogP contribution in [0.1, 0.15) is 20.8 Å². The Bertz CT molecular complexity index is 1480. The number of anilines is 2. The molecule has 0 bridgehead atoms. The lowest BCUT2D eigenvalue weighted by Gasteiger charge is -2.12. The largest absolute Gasteiger partial charge is 0.495 e. The number of carbonyl (C=O) groups excluding carboxylic acids is 2. The first-order chi connectivity index (χ1) is 16.8. The molecule has 0 saturated heterocycles. The molecule has 0 spiro atoms. The SMILES string of the molecule is COc1ccccc1NS(=O)(=O)c1ccc(C(=O)Nc2ccc(-n3ccc(C(N)=O)n3)cc2)cc1. The first-order valence-corrected chi connectivity index (χ1v) is 11.8. The summed E-state index contributed by atoms with van der Waals surface area (Å²) >= 11 is 0. The van der Waals surface area contributed by atoms with E-state index in [9.17, 15) is 18.0 Å². The van der Waals surface area contributed by atoms with Gasteiger partial charge >= 0.3 is 0 Å². The lowest BCUT2D eigenvalue weighted by molar-refractivity contribution is 0.0993. The Morgan fingerprint density at radius 3 is 2.26 bits per heavy atom. The summed E-state index contributed by atoms with van der Waals surface area (Å²) in [4.78, 5) is 23.8. The zero-order valence-corrected chi connectivity index (χ0v) is 19.3. The van der Waals surface area contributed by atoms with Gasteiger partial charge in [0.05, 0.1) is 23.4 Å². The second-order valence-corrected chi connectivity index (χ2v) is 9.02. The second kappa shape index (κ2) is 9.69. The van der Waals surface area contributed by atoms with Gasteiger partial charge in [-0.05, 0) is 66.7 Å². The topological polar surface area (TPSA) is 145 Å². The van der Waals surface area contributed by atoms with Gasteiger partial charge in [0.2, 0.25) is 0 Å². The van der Waals surface area contributed by atoms with E-state index >= 15 is 0 Å². The van der Waals surface area contributed by atoms with Crippen LogP contribution in [0.2, 0.25) is 0 Å². The van der Waals surface area contributed by atoms with Gasteiger partial charge in [0.1, 0.15) is 11.4 Å². The van der Waals surface area contributed by atoms with E-state index in [1.54, 1.807) is 54.7 Å². The molecule has 4 aromatic rings. The van der Waals surface area contributed by atoms with Gasteiger partial charge in [-0.3, -0.25) is 14.3 Å². The standard InChI is InChI=1S/C24H21N5O5S/c1-34-22-5-3-2-4-20(22)28-35(32,33)19-12-6-16(7-13-19)24(31)26-17-8-10-18(11-9-17)29-15-14-21(27-29)23(25)30/h2-15,28H,1H3,(H2,25,30)(H,26,31). The minimum absolute atomic E-state index is 0.00105. The Kier molecular flexibility index (Phi) is 6.51. The lowest BCUT2D eigenvalue weighted by atomic mass is 10.2. The first kappa shape index (κ1) is 23.5. The number of carbonyl (C=O) groups is 2. The number of benzene rings is 3. The molecule has 11 heteroatoms. The third kappa shape index (κ3) is 5.31. The molecule has 0 saturated carbocycles. The number of primary amides is 1. The summed E-state index contributed by atoms with van der Waals surface area (Å²) < 4.78 is 34.6. The van der Waals surface area contributed by atoms with E-state index in [4.69, 9.17) is 10.5 Å². The zero-order chi connectivity index (χ0) is 25.0. The summed E-state index contributed by atoms with van der Waals surface area (Å²) in [6.07, 6.45) is 1.60. The van der Waals surface area contributed by atoms with Crippen molar-refractivity contribution in [3.8, 4) is 11.4 Å². The third-order valence-electron chi connectivity index (χ3n) is 5.01. The summed E-state index contributed by atoms with van der Waals surface area (Å²) in [6.45, 7) is 0. The molecule has 10 nitrogen and oxygen atoms in total. The van der Waals surface area contributed by atoms with Crippen molar-refractivity contribution in [2.45, 2.75) is 4.90 Å². The van der Waals surface area contributed by atoms with E-state index in [1.165, 1.54) is 42.1 Å². The second-order valence-electron chi connectivity index (χ2n) is 7.34. The predicted molar refractivity (Wildman–Crippen MR) is 130 cm³/mol. The average molecular weight is 492 g/mol. The Hall–Kier alpha value is -4.64. The lowest BCUT2D eigenvalue weighted by Crippen LogP contribution is -2.15. The van der Waals surface area contributed by atoms with E-state index in [0.29, 0.717) is 22.8 Å². The number of nitrogens with two attached hydrogens (primary N) is 1. The van der Waals surface area contributed by atoms with Crippen LogP contribution in [0.5, 0.6) is 5.75 Å². The van der Waals surface area contributed by atoms with Crippen molar-refractivity contribution in [2.24, 2.45) is 5.73 Å². The van der Waals surface area contributed by atoms with Crippen LogP contribution in [0.15, 0.2) is 90.0 Å². The molecule has 0 radical (unpaired) electrons. The smallest absolute Gasteiger partial charge is 0.269 e. The van der Waals surface area contributed by atoms with Crippen LogP contribution in [0.3, 0.4) is 0 Å². The third-order valence-corrected chi connectivity index (χ3v) is 6.39. The number of hydrogen-bond donors (Lipinski definition) is 3. The molecule has 0 unspecified atom stereocenters. The highest BCUT2D eigenvalue weighted by atomic mass is 32.2. The van der Waals surface area contributed by atoms with Crippen LogP contribution in [0, 0.1) is 0 Å². The number of hydrogen-bond acceptors (Lipinski definition) is 6. The Morgan fingerprint density at radius 1 is 0.943 bits per heavy atom. The Labute approximate surface area is 201 Å². The number of aromatic nitrogens is 2. The number of amides is 2. The van der Waals surface area contributed by atoms with Crippen molar-refractivity contribution in [3.63, 3.8) is 0 Å². The fraction of sp³-hybridized carbons (Fsp3) is 0.0417. The number of ether oxygens (including phenoxy) is 1. The monoisotopic (exact) mass is 491 g/mol. The van der Waals surface area contributed by atoms with Crippen molar-refractivity contribution in [1.82, 2.24) is 9.78 Å². The normalized spacial score (nSPS) is 11.0. The van der Waals surface area contributed by atoms with Gasteiger partial charge in [0.25, 0.3) is 21.8 Å². The van der Waals surface area contributed by atoms with Crippen molar-refractivity contribution >= 4 is 33.2 Å². The maximum Gasteiger partial charge on any atom is 0.269 e. The van der Waals surface area contributed by atoms with Crippen molar-refractivity contribution in [2.75, 3.05) is 17.1 Å². The van der Waals surface area contributed by atoms with Gasteiger partial charge in [-0.2, -0.15) is 5.10 Å². The Balaban J connectivity index is 1.43. The van der Waals surface area contributed by atoms with Crippen molar-refractivity contribution in [1.29, 1.82) is 0 Å². The molecular formula is C24H21N5O5S. The molecule has 0 fully saturated rings. The summed E-state index contributed by atoms with van der Waals surface area (Å²) in [5.41, 5.74) is 7.14. The molecule has 35 heavy (non-hydrogen) atoms. The Morgan fingerprint density at radius 2 is 1.63 bits per heavy atom. The summed E-state index contributed by atoms with van der Waals surface area (Å²) in [6, 6.07) is 20.5. The number of methoxy groups -OCH3 is 1. The average Bonchev–Trinajstić information content (AvgIpc) is 3.35. The fourth-order valence-corrected chi connectivity index (χ4v) is 4.29. The van der Waals surface area contributed by atoms with Gasteiger partial charge in [0.15, 0.2) is 0 Å². The van der Waals surface area contributed by atoms with E-state index in [0.717, 1.165) is 0 Å². The van der Waals surface area contributed by atoms with Crippen LogP contribution in [0.4, 0.5) is 11.4 Å². The number of nitrogens with one attached hydrogen (secondary N) is 2. The van der Waals surface area contributed by atoms with Crippen LogP contribution in [-0.2, 0) is 10.0 Å². The molecule has 4 rings (SSSR count).